The van der Waals surface area contributed by atoms with Crippen molar-refractivity contribution in [3.63, 3.8) is 0 Å². The first kappa shape index (κ1) is 13.5. The van der Waals surface area contributed by atoms with Crippen LogP contribution >= 0.6 is 0 Å². The Morgan fingerprint density at radius 2 is 1.57 bits per heavy atom. The normalized spacial score (nSPS) is 11.0. The van der Waals surface area contributed by atoms with Crippen molar-refractivity contribution >= 4 is 10.9 Å². The summed E-state index contributed by atoms with van der Waals surface area (Å²) in [5.74, 6) is -1.51. The number of nitrogens with zero attached hydrogens (tertiary/aromatic N) is 1. The van der Waals surface area contributed by atoms with Gasteiger partial charge in [0.05, 0.1) is 5.52 Å². The number of hydrogen-bond acceptors (Lipinski definition) is 2. The molecule has 1 heterocycles. The molecule has 0 saturated carbocycles. The molecule has 0 atom stereocenters. The minimum atomic E-state index is -0.884. The molecule has 0 aliphatic rings. The van der Waals surface area contributed by atoms with Gasteiger partial charge >= 0.3 is 0 Å². The van der Waals surface area contributed by atoms with Crippen LogP contribution in [0.5, 0.6) is 5.75 Å². The van der Waals surface area contributed by atoms with E-state index in [1.54, 1.807) is 18.2 Å². The van der Waals surface area contributed by atoms with E-state index in [-0.39, 0.29) is 5.75 Å². The van der Waals surface area contributed by atoms with Crippen LogP contribution in [0.2, 0.25) is 0 Å². The van der Waals surface area contributed by atoms with E-state index in [1.807, 2.05) is 18.2 Å². The predicted molar refractivity (Wildman–Crippen MR) is 77.2 cm³/mol. The van der Waals surface area contributed by atoms with E-state index in [4.69, 9.17) is 0 Å². The van der Waals surface area contributed by atoms with Crippen LogP contribution in [0.4, 0.5) is 8.78 Å². The molecule has 0 bridgehead atoms. The number of phenolic OH excluding ortho intramolecular Hbond substituents is 1. The Bertz CT molecular complexity index is 785. The monoisotopic (exact) mass is 285 g/mol. The maximum absolute atomic E-state index is 13.2. The summed E-state index contributed by atoms with van der Waals surface area (Å²) in [5, 5.41) is 9.82. The Hall–Kier alpha value is -2.49. The molecule has 0 saturated heterocycles. The van der Waals surface area contributed by atoms with E-state index in [0.29, 0.717) is 17.3 Å². The maximum Gasteiger partial charge on any atom is 0.161 e. The Morgan fingerprint density at radius 3 is 2.33 bits per heavy atom. The molecular weight excluding hydrogens is 272 g/mol. The van der Waals surface area contributed by atoms with Gasteiger partial charge in [0.1, 0.15) is 5.75 Å². The number of aromatic nitrogens is 1. The van der Waals surface area contributed by atoms with Gasteiger partial charge in [0.25, 0.3) is 0 Å². The SMILES string of the molecule is Oc1ccc(CCc2ccc3cc(F)c(F)cc3n2)cc1. The van der Waals surface area contributed by atoms with Crippen molar-refractivity contribution in [1.82, 2.24) is 4.98 Å². The molecule has 106 valence electrons. The van der Waals surface area contributed by atoms with Crippen LogP contribution in [0.15, 0.2) is 48.5 Å². The van der Waals surface area contributed by atoms with Crippen LogP contribution in [0.1, 0.15) is 11.3 Å². The second kappa shape index (κ2) is 5.48. The van der Waals surface area contributed by atoms with Gasteiger partial charge in [-0.3, -0.25) is 4.98 Å². The highest BCUT2D eigenvalue weighted by molar-refractivity contribution is 5.78. The average molecular weight is 285 g/mol. The van der Waals surface area contributed by atoms with Crippen LogP contribution < -0.4 is 0 Å². The van der Waals surface area contributed by atoms with Gasteiger partial charge in [0, 0.05) is 17.1 Å². The maximum atomic E-state index is 13.2. The smallest absolute Gasteiger partial charge is 0.161 e. The minimum absolute atomic E-state index is 0.236. The third-order valence-corrected chi connectivity index (χ3v) is 3.40. The molecule has 3 aromatic rings. The number of aromatic hydroxyl groups is 1. The lowest BCUT2D eigenvalue weighted by Crippen LogP contribution is -1.96. The Kier molecular flexibility index (Phi) is 3.52. The molecule has 0 fully saturated rings. The first-order valence-electron chi connectivity index (χ1n) is 6.64. The van der Waals surface area contributed by atoms with Gasteiger partial charge in [-0.15, -0.1) is 0 Å². The van der Waals surface area contributed by atoms with E-state index in [0.717, 1.165) is 29.8 Å². The fourth-order valence-electron chi connectivity index (χ4n) is 2.23. The van der Waals surface area contributed by atoms with Gasteiger partial charge in [-0.25, -0.2) is 8.78 Å². The van der Waals surface area contributed by atoms with E-state index >= 15 is 0 Å². The van der Waals surface area contributed by atoms with Crippen LogP contribution in [-0.4, -0.2) is 10.1 Å². The highest BCUT2D eigenvalue weighted by atomic mass is 19.2. The zero-order chi connectivity index (χ0) is 14.8. The molecule has 0 aliphatic heterocycles. The predicted octanol–water partition coefficient (Wildman–Crippen LogP) is 4.00. The summed E-state index contributed by atoms with van der Waals surface area (Å²) in [6.07, 6.45) is 1.46. The molecule has 0 radical (unpaired) electrons. The van der Waals surface area contributed by atoms with Crippen molar-refractivity contribution in [2.75, 3.05) is 0 Å². The highest BCUT2D eigenvalue weighted by Crippen LogP contribution is 2.18. The van der Waals surface area contributed by atoms with E-state index in [1.165, 1.54) is 0 Å². The minimum Gasteiger partial charge on any atom is -0.508 e. The van der Waals surface area contributed by atoms with Crippen molar-refractivity contribution in [3.05, 3.63) is 71.4 Å². The summed E-state index contributed by atoms with van der Waals surface area (Å²) in [5.41, 5.74) is 2.36. The zero-order valence-corrected chi connectivity index (χ0v) is 11.2. The standard InChI is InChI=1S/C17H13F2NO/c18-15-9-12-4-6-13(20-17(12)10-16(15)19)5-1-11-2-7-14(21)8-3-11/h2-4,6-10,21H,1,5H2. The molecule has 21 heavy (non-hydrogen) atoms. The molecule has 0 amide bonds. The number of hydrogen-bond donors (Lipinski definition) is 1. The Morgan fingerprint density at radius 1 is 0.857 bits per heavy atom. The third-order valence-electron chi connectivity index (χ3n) is 3.40. The second-order valence-corrected chi connectivity index (χ2v) is 4.93. The lowest BCUT2D eigenvalue weighted by molar-refractivity contribution is 0.475. The molecule has 1 aromatic heterocycles. The van der Waals surface area contributed by atoms with Crippen molar-refractivity contribution in [2.24, 2.45) is 0 Å². The molecule has 0 spiro atoms. The first-order valence-corrected chi connectivity index (χ1v) is 6.64. The van der Waals surface area contributed by atoms with Crippen LogP contribution in [0, 0.1) is 11.6 Å². The third kappa shape index (κ3) is 2.99. The lowest BCUT2D eigenvalue weighted by Gasteiger charge is -2.04. The van der Waals surface area contributed by atoms with Crippen molar-refractivity contribution in [3.8, 4) is 5.75 Å². The number of fused-ring (bicyclic) bond motifs is 1. The van der Waals surface area contributed by atoms with Gasteiger partial charge in [0.15, 0.2) is 11.6 Å². The number of halogens is 2. The zero-order valence-electron chi connectivity index (χ0n) is 11.2. The molecule has 2 aromatic carbocycles. The van der Waals surface area contributed by atoms with Crippen LogP contribution in [0.25, 0.3) is 10.9 Å². The van der Waals surface area contributed by atoms with Gasteiger partial charge in [-0.05, 0) is 42.7 Å². The first-order chi connectivity index (χ1) is 10.1. The quantitative estimate of drug-likeness (QED) is 0.789. The number of pyridine rings is 1. The van der Waals surface area contributed by atoms with E-state index in [9.17, 15) is 13.9 Å². The molecule has 3 rings (SSSR count). The topological polar surface area (TPSA) is 33.1 Å². The van der Waals surface area contributed by atoms with Crippen molar-refractivity contribution in [1.29, 1.82) is 0 Å². The number of phenols is 1. The Balaban J connectivity index is 1.81. The molecule has 0 aliphatic carbocycles. The molecule has 1 N–H and O–H groups in total. The van der Waals surface area contributed by atoms with E-state index < -0.39 is 11.6 Å². The van der Waals surface area contributed by atoms with Crippen LogP contribution in [-0.2, 0) is 12.8 Å². The summed E-state index contributed by atoms with van der Waals surface area (Å²) in [7, 11) is 0. The summed E-state index contributed by atoms with van der Waals surface area (Å²) in [4.78, 5) is 4.35. The number of benzene rings is 2. The van der Waals surface area contributed by atoms with Gasteiger partial charge in [0.2, 0.25) is 0 Å². The molecule has 2 nitrogen and oxygen atoms in total. The molecule has 0 unspecified atom stereocenters. The van der Waals surface area contributed by atoms with Gasteiger partial charge < -0.3 is 5.11 Å². The molecular formula is C17H13F2NO. The second-order valence-electron chi connectivity index (χ2n) is 4.93. The summed E-state index contributed by atoms with van der Waals surface area (Å²) < 4.78 is 26.4. The average Bonchev–Trinajstić information content (AvgIpc) is 2.48. The van der Waals surface area contributed by atoms with E-state index in [2.05, 4.69) is 4.98 Å². The highest BCUT2D eigenvalue weighted by Gasteiger charge is 2.06. The van der Waals surface area contributed by atoms with Crippen LogP contribution in [0.3, 0.4) is 0 Å². The summed E-state index contributed by atoms with van der Waals surface area (Å²) in [6, 6.07) is 12.8. The molecule has 4 heteroatoms. The van der Waals surface area contributed by atoms with Gasteiger partial charge in [-0.1, -0.05) is 18.2 Å². The fraction of sp³-hybridized carbons (Fsp3) is 0.118. The summed E-state index contributed by atoms with van der Waals surface area (Å²) in [6.45, 7) is 0. The Labute approximate surface area is 120 Å². The summed E-state index contributed by atoms with van der Waals surface area (Å²) >= 11 is 0. The lowest BCUT2D eigenvalue weighted by atomic mass is 10.1. The van der Waals surface area contributed by atoms with Gasteiger partial charge in [-0.2, -0.15) is 0 Å². The number of rotatable bonds is 3. The van der Waals surface area contributed by atoms with Crippen molar-refractivity contribution in [2.45, 2.75) is 12.8 Å². The fourth-order valence-corrected chi connectivity index (χ4v) is 2.23. The van der Waals surface area contributed by atoms with Crippen molar-refractivity contribution < 1.29 is 13.9 Å². The number of aryl methyl sites for hydroxylation is 2. The largest absolute Gasteiger partial charge is 0.508 e.